The number of nitrogens with zero attached hydrogens (tertiary/aromatic N) is 2. The Morgan fingerprint density at radius 2 is 1.57 bits per heavy atom. The molecule has 0 saturated carbocycles. The highest BCUT2D eigenvalue weighted by molar-refractivity contribution is 7.98. The van der Waals surface area contributed by atoms with Crippen LogP contribution in [-0.4, -0.2) is 10.2 Å². The fourth-order valence-electron chi connectivity index (χ4n) is 1.96. The Morgan fingerprint density at radius 1 is 0.783 bits per heavy atom. The standard InChI is InChI=1S/C17H11Cl3N2S/c18-13-4-2-12(3-5-13)16-7-8-17(22-21-16)23-10-11-1-6-14(19)15(20)9-11/h1-9H,10H2. The molecule has 0 amide bonds. The molecule has 0 unspecified atom stereocenters. The lowest BCUT2D eigenvalue weighted by Crippen LogP contribution is -1.90. The molecule has 2 aromatic carbocycles. The molecule has 0 saturated heterocycles. The van der Waals surface area contributed by atoms with Gasteiger partial charge in [-0.15, -0.1) is 10.2 Å². The van der Waals surface area contributed by atoms with Gasteiger partial charge in [0.15, 0.2) is 0 Å². The zero-order valence-electron chi connectivity index (χ0n) is 11.8. The summed E-state index contributed by atoms with van der Waals surface area (Å²) in [5.74, 6) is 0.756. The third-order valence-corrected chi connectivity index (χ3v) is 5.13. The first-order valence-corrected chi connectivity index (χ1v) is 8.90. The van der Waals surface area contributed by atoms with Gasteiger partial charge in [0.2, 0.25) is 0 Å². The number of hydrogen-bond acceptors (Lipinski definition) is 3. The Labute approximate surface area is 153 Å². The van der Waals surface area contributed by atoms with E-state index in [1.165, 1.54) is 0 Å². The van der Waals surface area contributed by atoms with E-state index in [0.717, 1.165) is 27.6 Å². The van der Waals surface area contributed by atoms with Crippen LogP contribution in [0.15, 0.2) is 59.6 Å². The zero-order valence-corrected chi connectivity index (χ0v) is 14.9. The lowest BCUT2D eigenvalue weighted by Gasteiger charge is -2.04. The summed E-state index contributed by atoms with van der Waals surface area (Å²) < 4.78 is 0. The molecular weight excluding hydrogens is 371 g/mol. The van der Waals surface area contributed by atoms with Crippen molar-refractivity contribution in [2.75, 3.05) is 0 Å². The molecule has 0 aliphatic carbocycles. The first-order chi connectivity index (χ1) is 11.1. The van der Waals surface area contributed by atoms with E-state index in [9.17, 15) is 0 Å². The molecule has 1 aromatic heterocycles. The Kier molecular flexibility index (Phi) is 5.44. The molecule has 116 valence electrons. The SMILES string of the molecule is Clc1ccc(-c2ccc(SCc3ccc(Cl)c(Cl)c3)nn2)cc1. The minimum Gasteiger partial charge on any atom is -0.149 e. The summed E-state index contributed by atoms with van der Waals surface area (Å²) in [7, 11) is 0. The molecule has 0 fully saturated rings. The Bertz CT molecular complexity index is 805. The van der Waals surface area contributed by atoms with Crippen molar-refractivity contribution < 1.29 is 0 Å². The normalized spacial score (nSPS) is 10.7. The van der Waals surface area contributed by atoms with Crippen molar-refractivity contribution in [3.63, 3.8) is 0 Å². The molecule has 0 atom stereocenters. The maximum atomic E-state index is 6.02. The highest BCUT2D eigenvalue weighted by Crippen LogP contribution is 2.27. The minimum absolute atomic E-state index is 0.563. The van der Waals surface area contributed by atoms with Crippen molar-refractivity contribution in [2.45, 2.75) is 10.8 Å². The van der Waals surface area contributed by atoms with Crippen molar-refractivity contribution in [2.24, 2.45) is 0 Å². The van der Waals surface area contributed by atoms with Gasteiger partial charge in [-0.2, -0.15) is 0 Å². The van der Waals surface area contributed by atoms with Gasteiger partial charge in [-0.1, -0.05) is 64.8 Å². The van der Waals surface area contributed by atoms with Crippen LogP contribution in [-0.2, 0) is 5.75 Å². The molecule has 0 aliphatic rings. The third kappa shape index (κ3) is 4.39. The van der Waals surface area contributed by atoms with Crippen molar-refractivity contribution in [1.82, 2.24) is 10.2 Å². The molecule has 2 nitrogen and oxygen atoms in total. The summed E-state index contributed by atoms with van der Waals surface area (Å²) >= 11 is 19.4. The van der Waals surface area contributed by atoms with Gasteiger partial charge in [-0.05, 0) is 42.0 Å². The lowest BCUT2D eigenvalue weighted by atomic mass is 10.1. The van der Waals surface area contributed by atoms with E-state index in [-0.39, 0.29) is 0 Å². The molecule has 3 aromatic rings. The van der Waals surface area contributed by atoms with Gasteiger partial charge in [0, 0.05) is 16.3 Å². The molecule has 0 radical (unpaired) electrons. The van der Waals surface area contributed by atoms with Gasteiger partial charge in [0.25, 0.3) is 0 Å². The van der Waals surface area contributed by atoms with Crippen LogP contribution in [0.4, 0.5) is 0 Å². The van der Waals surface area contributed by atoms with E-state index in [1.54, 1.807) is 17.8 Å². The fraction of sp³-hybridized carbons (Fsp3) is 0.0588. The predicted molar refractivity (Wildman–Crippen MR) is 98.5 cm³/mol. The summed E-state index contributed by atoms with van der Waals surface area (Å²) in [4.78, 5) is 0. The van der Waals surface area contributed by atoms with Crippen LogP contribution >= 0.6 is 46.6 Å². The van der Waals surface area contributed by atoms with E-state index in [2.05, 4.69) is 10.2 Å². The van der Waals surface area contributed by atoms with E-state index in [0.29, 0.717) is 15.1 Å². The van der Waals surface area contributed by atoms with Gasteiger partial charge in [0.1, 0.15) is 5.03 Å². The Balaban J connectivity index is 1.67. The molecule has 0 aliphatic heterocycles. The molecule has 0 spiro atoms. The van der Waals surface area contributed by atoms with Crippen LogP contribution in [0.5, 0.6) is 0 Å². The summed E-state index contributed by atoms with van der Waals surface area (Å²) in [5, 5.41) is 11.2. The smallest absolute Gasteiger partial charge is 0.119 e. The molecule has 0 N–H and O–H groups in total. The quantitative estimate of drug-likeness (QED) is 0.489. The Morgan fingerprint density at radius 3 is 2.22 bits per heavy atom. The van der Waals surface area contributed by atoms with Crippen LogP contribution in [0.25, 0.3) is 11.3 Å². The van der Waals surface area contributed by atoms with Gasteiger partial charge < -0.3 is 0 Å². The van der Waals surface area contributed by atoms with Crippen molar-refractivity contribution in [3.05, 3.63) is 75.2 Å². The maximum absolute atomic E-state index is 6.02. The van der Waals surface area contributed by atoms with Crippen LogP contribution in [0.3, 0.4) is 0 Å². The Hall–Kier alpha value is -1.26. The van der Waals surface area contributed by atoms with Crippen LogP contribution < -0.4 is 0 Å². The summed E-state index contributed by atoms with van der Waals surface area (Å²) in [6.07, 6.45) is 0. The second-order valence-corrected chi connectivity index (χ2v) is 7.05. The van der Waals surface area contributed by atoms with Gasteiger partial charge in [-0.3, -0.25) is 0 Å². The highest BCUT2D eigenvalue weighted by atomic mass is 35.5. The lowest BCUT2D eigenvalue weighted by molar-refractivity contribution is 0.935. The van der Waals surface area contributed by atoms with Crippen molar-refractivity contribution >= 4 is 46.6 Å². The number of thioether (sulfide) groups is 1. The van der Waals surface area contributed by atoms with Crippen LogP contribution in [0, 0.1) is 0 Å². The predicted octanol–water partition coefficient (Wildman–Crippen LogP) is 6.40. The summed E-state index contributed by atoms with van der Waals surface area (Å²) in [6, 6.07) is 17.1. The molecule has 0 bridgehead atoms. The largest absolute Gasteiger partial charge is 0.149 e. The zero-order chi connectivity index (χ0) is 16.2. The maximum Gasteiger partial charge on any atom is 0.119 e. The number of aromatic nitrogens is 2. The number of hydrogen-bond donors (Lipinski definition) is 0. The van der Waals surface area contributed by atoms with E-state index in [1.807, 2.05) is 48.5 Å². The monoisotopic (exact) mass is 380 g/mol. The average Bonchev–Trinajstić information content (AvgIpc) is 2.57. The van der Waals surface area contributed by atoms with Gasteiger partial charge >= 0.3 is 0 Å². The number of benzene rings is 2. The minimum atomic E-state index is 0.563. The van der Waals surface area contributed by atoms with E-state index in [4.69, 9.17) is 34.8 Å². The van der Waals surface area contributed by atoms with Crippen molar-refractivity contribution in [1.29, 1.82) is 0 Å². The number of rotatable bonds is 4. The van der Waals surface area contributed by atoms with Gasteiger partial charge in [0.05, 0.1) is 15.7 Å². The summed E-state index contributed by atoms with van der Waals surface area (Å²) in [6.45, 7) is 0. The van der Waals surface area contributed by atoms with E-state index < -0.39 is 0 Å². The second-order valence-electron chi connectivity index (χ2n) is 4.80. The van der Waals surface area contributed by atoms with E-state index >= 15 is 0 Å². The van der Waals surface area contributed by atoms with Crippen LogP contribution in [0.2, 0.25) is 15.1 Å². The highest BCUT2D eigenvalue weighted by Gasteiger charge is 2.04. The molecule has 1 heterocycles. The molecule has 6 heteroatoms. The third-order valence-electron chi connectivity index (χ3n) is 3.15. The number of halogens is 3. The summed E-state index contributed by atoms with van der Waals surface area (Å²) in [5.41, 5.74) is 2.90. The average molecular weight is 382 g/mol. The first-order valence-electron chi connectivity index (χ1n) is 6.78. The molecular formula is C17H11Cl3N2S. The van der Waals surface area contributed by atoms with Crippen LogP contribution in [0.1, 0.15) is 5.56 Å². The molecule has 3 rings (SSSR count). The first kappa shape index (κ1) is 16.6. The fourth-order valence-corrected chi connectivity index (χ4v) is 3.16. The van der Waals surface area contributed by atoms with Crippen molar-refractivity contribution in [3.8, 4) is 11.3 Å². The second kappa shape index (κ2) is 7.54. The van der Waals surface area contributed by atoms with Gasteiger partial charge in [-0.25, -0.2) is 0 Å². The molecule has 23 heavy (non-hydrogen) atoms. The topological polar surface area (TPSA) is 25.8 Å².